The van der Waals surface area contributed by atoms with E-state index in [1.165, 1.54) is 30.8 Å². The van der Waals surface area contributed by atoms with E-state index in [1.54, 1.807) is 20.8 Å². The lowest BCUT2D eigenvalue weighted by atomic mass is 10.1. The van der Waals surface area contributed by atoms with Crippen molar-refractivity contribution in [2.75, 3.05) is 20.6 Å². The zero-order valence-corrected chi connectivity index (χ0v) is 17.4. The van der Waals surface area contributed by atoms with Crippen LogP contribution >= 0.6 is 0 Å². The molecule has 3 N–H and O–H groups in total. The second-order valence-electron chi connectivity index (χ2n) is 7.08. The number of likely N-dealkylation sites (tertiary alicyclic amines) is 1. The van der Waals surface area contributed by atoms with Gasteiger partial charge >= 0.3 is 0 Å². The smallest absolute Gasteiger partial charge is 0.245 e. The summed E-state index contributed by atoms with van der Waals surface area (Å²) in [5.41, 5.74) is 0. The van der Waals surface area contributed by atoms with Gasteiger partial charge in [0.2, 0.25) is 29.5 Å². The van der Waals surface area contributed by atoms with Crippen LogP contribution in [0.25, 0.3) is 0 Å². The summed E-state index contributed by atoms with van der Waals surface area (Å²) in [6, 6.07) is -2.96. The third-order valence-electron chi connectivity index (χ3n) is 4.92. The Morgan fingerprint density at radius 3 is 2.14 bits per heavy atom. The van der Waals surface area contributed by atoms with Crippen LogP contribution in [0.4, 0.5) is 0 Å². The van der Waals surface area contributed by atoms with Gasteiger partial charge in [-0.15, -0.1) is 0 Å². The van der Waals surface area contributed by atoms with Crippen LogP contribution in [0.5, 0.6) is 0 Å². The largest absolute Gasteiger partial charge is 0.357 e. The van der Waals surface area contributed by atoms with Gasteiger partial charge in [0.25, 0.3) is 0 Å². The van der Waals surface area contributed by atoms with Gasteiger partial charge in [-0.05, 0) is 33.6 Å². The quantitative estimate of drug-likeness (QED) is 0.487. The molecule has 0 saturated carbocycles. The first kappa shape index (κ1) is 23.4. The molecule has 1 saturated heterocycles. The maximum atomic E-state index is 12.9. The molecule has 0 spiro atoms. The molecule has 1 aliphatic heterocycles. The SMILES string of the molecule is CNC(=O)[C@H](C)NC(=O)[C@@H](C)N(C)C(=O)[C@@H]1CCCN1C(=O)[C@H](C)NC(C)=O. The lowest BCUT2D eigenvalue weighted by Crippen LogP contribution is -2.56. The molecule has 0 aromatic rings. The van der Waals surface area contributed by atoms with Crippen LogP contribution in [0.3, 0.4) is 0 Å². The Morgan fingerprint density at radius 1 is 1.00 bits per heavy atom. The van der Waals surface area contributed by atoms with Gasteiger partial charge < -0.3 is 25.8 Å². The van der Waals surface area contributed by atoms with Crippen molar-refractivity contribution in [3.05, 3.63) is 0 Å². The molecule has 1 aliphatic rings. The summed E-state index contributed by atoms with van der Waals surface area (Å²) < 4.78 is 0. The highest BCUT2D eigenvalue weighted by Crippen LogP contribution is 2.21. The Kier molecular flexibility index (Phi) is 8.39. The van der Waals surface area contributed by atoms with Gasteiger partial charge in [0.15, 0.2) is 0 Å². The Morgan fingerprint density at radius 2 is 1.61 bits per heavy atom. The van der Waals surface area contributed by atoms with E-state index in [1.807, 2.05) is 0 Å². The van der Waals surface area contributed by atoms with Crippen molar-refractivity contribution in [2.45, 2.75) is 64.7 Å². The van der Waals surface area contributed by atoms with E-state index in [0.717, 1.165) is 0 Å². The standard InChI is InChI=1S/C18H31N5O5/c1-10(15(25)19-5)21-16(26)12(3)22(6)18(28)14-8-7-9-23(14)17(27)11(2)20-13(4)24/h10-12,14H,7-9H2,1-6H3,(H,19,25)(H,20,24)(H,21,26)/t10-,11-,12+,14-/m0/s1. The van der Waals surface area contributed by atoms with Gasteiger partial charge in [-0.3, -0.25) is 24.0 Å². The lowest BCUT2D eigenvalue weighted by molar-refractivity contribution is -0.147. The fraction of sp³-hybridized carbons (Fsp3) is 0.722. The predicted molar refractivity (Wildman–Crippen MR) is 102 cm³/mol. The van der Waals surface area contributed by atoms with Crippen molar-refractivity contribution >= 4 is 29.5 Å². The van der Waals surface area contributed by atoms with Crippen molar-refractivity contribution in [3.63, 3.8) is 0 Å². The molecule has 5 amide bonds. The minimum Gasteiger partial charge on any atom is -0.357 e. The molecule has 0 aromatic carbocycles. The average molecular weight is 397 g/mol. The Bertz CT molecular complexity index is 638. The summed E-state index contributed by atoms with van der Waals surface area (Å²) in [5, 5.41) is 7.53. The molecule has 10 heteroatoms. The highest BCUT2D eigenvalue weighted by atomic mass is 16.2. The van der Waals surface area contributed by atoms with E-state index in [4.69, 9.17) is 0 Å². The summed E-state index contributed by atoms with van der Waals surface area (Å²) in [7, 11) is 2.97. The lowest BCUT2D eigenvalue weighted by Gasteiger charge is -2.32. The Hall–Kier alpha value is -2.65. The molecular weight excluding hydrogens is 366 g/mol. The van der Waals surface area contributed by atoms with Crippen LogP contribution in [0.2, 0.25) is 0 Å². The molecule has 158 valence electrons. The third kappa shape index (κ3) is 5.67. The number of nitrogens with one attached hydrogen (secondary N) is 3. The molecule has 0 bridgehead atoms. The number of carbonyl (C=O) groups is 5. The Balaban J connectivity index is 2.79. The second-order valence-corrected chi connectivity index (χ2v) is 7.08. The number of rotatable bonds is 7. The highest BCUT2D eigenvalue weighted by Gasteiger charge is 2.39. The van der Waals surface area contributed by atoms with Gasteiger partial charge in [0, 0.05) is 27.6 Å². The molecule has 1 rings (SSSR count). The minimum absolute atomic E-state index is 0.324. The number of amides is 5. The van der Waals surface area contributed by atoms with Crippen LogP contribution in [0.1, 0.15) is 40.5 Å². The van der Waals surface area contributed by atoms with E-state index in [9.17, 15) is 24.0 Å². The van der Waals surface area contributed by atoms with Crippen molar-refractivity contribution in [3.8, 4) is 0 Å². The van der Waals surface area contributed by atoms with Gasteiger partial charge in [-0.25, -0.2) is 0 Å². The number of likely N-dealkylation sites (N-methyl/N-ethyl adjacent to an activating group) is 2. The van der Waals surface area contributed by atoms with Crippen LogP contribution in [-0.4, -0.2) is 84.1 Å². The first-order valence-corrected chi connectivity index (χ1v) is 9.37. The van der Waals surface area contributed by atoms with Crippen molar-refractivity contribution in [2.24, 2.45) is 0 Å². The number of nitrogens with zero attached hydrogens (tertiary/aromatic N) is 2. The van der Waals surface area contributed by atoms with Gasteiger partial charge in [-0.1, -0.05) is 0 Å². The van der Waals surface area contributed by atoms with Crippen LogP contribution in [0.15, 0.2) is 0 Å². The van der Waals surface area contributed by atoms with Gasteiger partial charge in [-0.2, -0.15) is 0 Å². The van der Waals surface area contributed by atoms with Crippen molar-refractivity contribution in [1.82, 2.24) is 25.8 Å². The van der Waals surface area contributed by atoms with Crippen LogP contribution in [0, 0.1) is 0 Å². The topological polar surface area (TPSA) is 128 Å². The molecule has 0 aliphatic carbocycles. The fourth-order valence-corrected chi connectivity index (χ4v) is 3.12. The average Bonchev–Trinajstić information content (AvgIpc) is 3.13. The summed E-state index contributed by atoms with van der Waals surface area (Å²) in [4.78, 5) is 63.4. The molecule has 0 aromatic heterocycles. The maximum absolute atomic E-state index is 12.9. The monoisotopic (exact) mass is 397 g/mol. The summed E-state index contributed by atoms with van der Waals surface area (Å²) in [5.74, 6) is -1.81. The molecule has 0 radical (unpaired) electrons. The fourth-order valence-electron chi connectivity index (χ4n) is 3.12. The summed E-state index contributed by atoms with van der Waals surface area (Å²) >= 11 is 0. The molecule has 0 unspecified atom stereocenters. The van der Waals surface area contributed by atoms with Crippen molar-refractivity contribution in [1.29, 1.82) is 0 Å². The molecule has 4 atom stereocenters. The third-order valence-corrected chi connectivity index (χ3v) is 4.92. The summed E-state index contributed by atoms with van der Waals surface area (Å²) in [6.45, 7) is 6.42. The first-order chi connectivity index (χ1) is 13.0. The number of carbonyl (C=O) groups excluding carboxylic acids is 5. The van der Waals surface area contributed by atoms with Crippen LogP contribution < -0.4 is 16.0 Å². The van der Waals surface area contributed by atoms with Crippen LogP contribution in [-0.2, 0) is 24.0 Å². The minimum atomic E-state index is -0.815. The van der Waals surface area contributed by atoms with E-state index < -0.39 is 30.1 Å². The second kappa shape index (κ2) is 10.0. The van der Waals surface area contributed by atoms with Gasteiger partial charge in [0.05, 0.1) is 0 Å². The van der Waals surface area contributed by atoms with E-state index in [0.29, 0.717) is 19.4 Å². The van der Waals surface area contributed by atoms with E-state index in [2.05, 4.69) is 16.0 Å². The normalized spacial score (nSPS) is 19.2. The molecule has 1 heterocycles. The number of hydrogen-bond acceptors (Lipinski definition) is 5. The zero-order valence-electron chi connectivity index (χ0n) is 17.4. The summed E-state index contributed by atoms with van der Waals surface area (Å²) in [6.07, 6.45) is 1.15. The number of hydrogen-bond donors (Lipinski definition) is 3. The predicted octanol–water partition coefficient (Wildman–Crippen LogP) is -1.40. The molecule has 1 fully saturated rings. The van der Waals surface area contributed by atoms with Gasteiger partial charge in [0.1, 0.15) is 24.2 Å². The maximum Gasteiger partial charge on any atom is 0.245 e. The Labute approximate surface area is 165 Å². The zero-order chi connectivity index (χ0) is 21.6. The van der Waals surface area contributed by atoms with Crippen molar-refractivity contribution < 1.29 is 24.0 Å². The van der Waals surface area contributed by atoms with E-state index >= 15 is 0 Å². The highest BCUT2D eigenvalue weighted by molar-refractivity contribution is 5.95. The van der Waals surface area contributed by atoms with E-state index in [-0.39, 0.29) is 23.6 Å². The molecular formula is C18H31N5O5. The molecule has 28 heavy (non-hydrogen) atoms. The molecule has 10 nitrogen and oxygen atoms in total. The first-order valence-electron chi connectivity index (χ1n) is 9.37.